The van der Waals surface area contributed by atoms with Crippen LogP contribution in [0.1, 0.15) is 43.7 Å². The lowest BCUT2D eigenvalue weighted by Gasteiger charge is -2.16. The van der Waals surface area contributed by atoms with E-state index >= 15 is 0 Å². The van der Waals surface area contributed by atoms with Crippen molar-refractivity contribution < 1.29 is 4.39 Å². The summed E-state index contributed by atoms with van der Waals surface area (Å²) >= 11 is 0. The second-order valence-electron chi connectivity index (χ2n) is 5.82. The molecule has 0 aromatic heterocycles. The van der Waals surface area contributed by atoms with Gasteiger partial charge in [0.1, 0.15) is 5.82 Å². The second-order valence-corrected chi connectivity index (χ2v) is 5.82. The number of halogens is 1. The number of hydrogen-bond donors (Lipinski definition) is 0. The third-order valence-electron chi connectivity index (χ3n) is 3.96. The molecule has 0 radical (unpaired) electrons. The summed E-state index contributed by atoms with van der Waals surface area (Å²) < 4.78 is 12.9. The molecule has 0 fully saturated rings. The maximum absolute atomic E-state index is 12.9. The average Bonchev–Trinajstić information content (AvgIpc) is 2.48. The molecule has 0 amide bonds. The molecule has 0 aliphatic rings. The van der Waals surface area contributed by atoms with Gasteiger partial charge in [-0.05, 0) is 54.4 Å². The summed E-state index contributed by atoms with van der Waals surface area (Å²) in [6, 6.07) is 17.6. The molecule has 106 valence electrons. The molecule has 2 atom stereocenters. The minimum Gasteiger partial charge on any atom is -0.207 e. The van der Waals surface area contributed by atoms with Crippen LogP contribution in [0.15, 0.2) is 54.6 Å². The van der Waals surface area contributed by atoms with Gasteiger partial charge >= 0.3 is 0 Å². The van der Waals surface area contributed by atoms with Gasteiger partial charge in [-0.2, -0.15) is 0 Å². The molecule has 2 unspecified atom stereocenters. The third kappa shape index (κ3) is 4.48. The van der Waals surface area contributed by atoms with Crippen molar-refractivity contribution in [2.45, 2.75) is 39.0 Å². The van der Waals surface area contributed by atoms with E-state index in [-0.39, 0.29) is 5.82 Å². The van der Waals surface area contributed by atoms with Crippen molar-refractivity contribution in [2.75, 3.05) is 0 Å². The first-order valence-corrected chi connectivity index (χ1v) is 7.44. The van der Waals surface area contributed by atoms with E-state index in [2.05, 4.69) is 44.2 Å². The summed E-state index contributed by atoms with van der Waals surface area (Å²) in [5.74, 6) is 1.08. The van der Waals surface area contributed by atoms with Gasteiger partial charge in [0.25, 0.3) is 0 Å². The van der Waals surface area contributed by atoms with E-state index in [1.54, 1.807) is 12.1 Å². The maximum atomic E-state index is 12.9. The summed E-state index contributed by atoms with van der Waals surface area (Å²) in [7, 11) is 0. The highest BCUT2D eigenvalue weighted by atomic mass is 19.1. The lowest BCUT2D eigenvalue weighted by Crippen LogP contribution is -2.03. The van der Waals surface area contributed by atoms with Gasteiger partial charge < -0.3 is 0 Å². The van der Waals surface area contributed by atoms with Crippen molar-refractivity contribution in [1.82, 2.24) is 0 Å². The molecule has 1 heteroatoms. The predicted molar refractivity (Wildman–Crippen MR) is 83.4 cm³/mol. The summed E-state index contributed by atoms with van der Waals surface area (Å²) in [6.07, 6.45) is 3.43. The minimum absolute atomic E-state index is 0.154. The van der Waals surface area contributed by atoms with Crippen LogP contribution in [-0.2, 0) is 6.42 Å². The van der Waals surface area contributed by atoms with E-state index in [4.69, 9.17) is 0 Å². The van der Waals surface area contributed by atoms with Gasteiger partial charge in [-0.15, -0.1) is 0 Å². The highest BCUT2D eigenvalue weighted by molar-refractivity contribution is 5.19. The minimum atomic E-state index is -0.154. The van der Waals surface area contributed by atoms with Crippen LogP contribution in [0.5, 0.6) is 0 Å². The van der Waals surface area contributed by atoms with Crippen LogP contribution in [0.2, 0.25) is 0 Å². The quantitative estimate of drug-likeness (QED) is 0.642. The Kier molecular flexibility index (Phi) is 5.34. The Morgan fingerprint density at radius 1 is 0.850 bits per heavy atom. The average molecular weight is 270 g/mol. The first kappa shape index (κ1) is 14.8. The topological polar surface area (TPSA) is 0 Å². The first-order chi connectivity index (χ1) is 9.65. The molecule has 20 heavy (non-hydrogen) atoms. The molecule has 0 saturated carbocycles. The van der Waals surface area contributed by atoms with Crippen molar-refractivity contribution in [3.63, 3.8) is 0 Å². The standard InChI is InChI=1S/C19H23F/c1-15(14-17-10-12-19(20)13-11-17)8-9-16(2)18-6-4-3-5-7-18/h3-7,10-13,15-16H,8-9,14H2,1-2H3. The monoisotopic (exact) mass is 270 g/mol. The maximum Gasteiger partial charge on any atom is 0.123 e. The van der Waals surface area contributed by atoms with E-state index in [1.807, 2.05) is 12.1 Å². The van der Waals surface area contributed by atoms with Crippen molar-refractivity contribution >= 4 is 0 Å². The summed E-state index contributed by atoms with van der Waals surface area (Å²) in [5.41, 5.74) is 2.65. The Morgan fingerprint density at radius 3 is 2.15 bits per heavy atom. The number of hydrogen-bond acceptors (Lipinski definition) is 0. The van der Waals surface area contributed by atoms with Crippen molar-refractivity contribution in [2.24, 2.45) is 5.92 Å². The van der Waals surface area contributed by atoms with Crippen LogP contribution in [0, 0.1) is 11.7 Å². The van der Waals surface area contributed by atoms with Crippen LogP contribution in [0.4, 0.5) is 4.39 Å². The van der Waals surface area contributed by atoms with E-state index in [0.717, 1.165) is 6.42 Å². The van der Waals surface area contributed by atoms with Gasteiger partial charge in [-0.25, -0.2) is 4.39 Å². The number of benzene rings is 2. The van der Waals surface area contributed by atoms with Gasteiger partial charge in [0, 0.05) is 0 Å². The Bertz CT molecular complexity index is 501. The van der Waals surface area contributed by atoms with Crippen LogP contribution in [-0.4, -0.2) is 0 Å². The van der Waals surface area contributed by atoms with Crippen LogP contribution in [0.3, 0.4) is 0 Å². The van der Waals surface area contributed by atoms with Gasteiger partial charge in [-0.1, -0.05) is 56.3 Å². The Hall–Kier alpha value is -1.63. The highest BCUT2D eigenvalue weighted by Crippen LogP contribution is 2.24. The zero-order valence-corrected chi connectivity index (χ0v) is 12.4. The molecule has 2 aromatic carbocycles. The molecule has 2 rings (SSSR count). The lowest BCUT2D eigenvalue weighted by molar-refractivity contribution is 0.479. The molecule has 0 nitrogen and oxygen atoms in total. The van der Waals surface area contributed by atoms with E-state index in [9.17, 15) is 4.39 Å². The van der Waals surface area contributed by atoms with E-state index < -0.39 is 0 Å². The molecular weight excluding hydrogens is 247 g/mol. The van der Waals surface area contributed by atoms with Crippen LogP contribution in [0.25, 0.3) is 0 Å². The van der Waals surface area contributed by atoms with Crippen LogP contribution >= 0.6 is 0 Å². The Labute approximate surface area is 121 Å². The Balaban J connectivity index is 1.80. The largest absolute Gasteiger partial charge is 0.207 e. The summed E-state index contributed by atoms with van der Waals surface area (Å²) in [5, 5.41) is 0. The summed E-state index contributed by atoms with van der Waals surface area (Å²) in [6.45, 7) is 4.57. The highest BCUT2D eigenvalue weighted by Gasteiger charge is 2.09. The van der Waals surface area contributed by atoms with Crippen molar-refractivity contribution in [3.8, 4) is 0 Å². The van der Waals surface area contributed by atoms with Crippen molar-refractivity contribution in [3.05, 3.63) is 71.5 Å². The molecule has 0 spiro atoms. The third-order valence-corrected chi connectivity index (χ3v) is 3.96. The molecule has 0 aliphatic carbocycles. The number of rotatable bonds is 6. The predicted octanol–water partition coefficient (Wildman–Crippen LogP) is 5.59. The fourth-order valence-electron chi connectivity index (χ4n) is 2.61. The SMILES string of the molecule is CC(CCC(C)c1ccccc1)Cc1ccc(F)cc1. The normalized spacial score (nSPS) is 13.9. The van der Waals surface area contributed by atoms with Gasteiger partial charge in [0.05, 0.1) is 0 Å². The lowest BCUT2D eigenvalue weighted by atomic mass is 9.90. The molecule has 0 aliphatic heterocycles. The van der Waals surface area contributed by atoms with E-state index in [0.29, 0.717) is 11.8 Å². The zero-order valence-electron chi connectivity index (χ0n) is 12.4. The molecule has 0 N–H and O–H groups in total. The molecular formula is C19H23F. The first-order valence-electron chi connectivity index (χ1n) is 7.44. The molecule has 2 aromatic rings. The smallest absolute Gasteiger partial charge is 0.123 e. The van der Waals surface area contributed by atoms with Gasteiger partial charge in [0.2, 0.25) is 0 Å². The fourth-order valence-corrected chi connectivity index (χ4v) is 2.61. The van der Waals surface area contributed by atoms with Gasteiger partial charge in [-0.3, -0.25) is 0 Å². The fraction of sp³-hybridized carbons (Fsp3) is 0.368. The van der Waals surface area contributed by atoms with Crippen LogP contribution < -0.4 is 0 Å². The molecule has 0 bridgehead atoms. The van der Waals surface area contributed by atoms with E-state index in [1.165, 1.54) is 24.0 Å². The zero-order chi connectivity index (χ0) is 14.4. The second kappa shape index (κ2) is 7.23. The molecule has 0 heterocycles. The Morgan fingerprint density at radius 2 is 1.50 bits per heavy atom. The van der Waals surface area contributed by atoms with Crippen molar-refractivity contribution in [1.29, 1.82) is 0 Å². The molecule has 0 saturated heterocycles. The summed E-state index contributed by atoms with van der Waals surface area (Å²) in [4.78, 5) is 0. The van der Waals surface area contributed by atoms with Gasteiger partial charge in [0.15, 0.2) is 0 Å².